The molecule has 0 saturated heterocycles. The van der Waals surface area contributed by atoms with Gasteiger partial charge in [-0.3, -0.25) is 14.9 Å². The third-order valence-electron chi connectivity index (χ3n) is 3.36. The molecule has 0 saturated carbocycles. The Labute approximate surface area is 134 Å². The Kier molecular flexibility index (Phi) is 5.82. The number of esters is 1. The van der Waals surface area contributed by atoms with E-state index in [-0.39, 0.29) is 18.8 Å². The predicted molar refractivity (Wildman–Crippen MR) is 85.6 cm³/mol. The highest BCUT2D eigenvalue weighted by Crippen LogP contribution is 2.17. The van der Waals surface area contributed by atoms with Gasteiger partial charge in [-0.15, -0.1) is 0 Å². The van der Waals surface area contributed by atoms with Crippen molar-refractivity contribution in [2.24, 2.45) is 0 Å². The molecule has 2 aromatic carbocycles. The topological polar surface area (TPSA) is 81.5 Å². The van der Waals surface area contributed by atoms with Crippen molar-refractivity contribution in [2.75, 3.05) is 0 Å². The van der Waals surface area contributed by atoms with Gasteiger partial charge in [0.2, 0.25) is 0 Å². The van der Waals surface area contributed by atoms with Gasteiger partial charge in [0.1, 0.15) is 12.6 Å². The first-order chi connectivity index (χ1) is 11.1. The van der Waals surface area contributed by atoms with Gasteiger partial charge in [-0.25, -0.2) is 0 Å². The second-order valence-electron chi connectivity index (χ2n) is 5.08. The van der Waals surface area contributed by atoms with Crippen molar-refractivity contribution in [2.45, 2.75) is 26.1 Å². The Bertz CT molecular complexity index is 673. The van der Waals surface area contributed by atoms with Crippen LogP contribution in [-0.4, -0.2) is 16.9 Å². The third-order valence-corrected chi connectivity index (χ3v) is 3.36. The summed E-state index contributed by atoms with van der Waals surface area (Å²) in [5.41, 5.74) is 1.47. The lowest BCUT2D eigenvalue weighted by Crippen LogP contribution is -2.35. The van der Waals surface area contributed by atoms with Crippen LogP contribution in [0.1, 0.15) is 18.1 Å². The second kappa shape index (κ2) is 8.05. The number of carbonyl (C=O) groups is 1. The van der Waals surface area contributed by atoms with Crippen LogP contribution in [-0.2, 0) is 22.7 Å². The summed E-state index contributed by atoms with van der Waals surface area (Å²) in [6.07, 6.45) is 0. The van der Waals surface area contributed by atoms with Gasteiger partial charge in [-0.2, -0.15) is 0 Å². The Morgan fingerprint density at radius 2 is 1.83 bits per heavy atom. The molecule has 0 aliphatic carbocycles. The highest BCUT2D eigenvalue weighted by Gasteiger charge is 2.17. The number of nitro groups is 1. The van der Waals surface area contributed by atoms with Crippen LogP contribution in [0.4, 0.5) is 5.69 Å². The monoisotopic (exact) mass is 314 g/mol. The molecule has 0 bridgehead atoms. The Morgan fingerprint density at radius 1 is 1.17 bits per heavy atom. The number of nitrogens with one attached hydrogen (secondary N) is 1. The van der Waals surface area contributed by atoms with Crippen LogP contribution >= 0.6 is 0 Å². The standard InChI is InChI=1S/C17H18N2O4/c1-13(17(20)23-12-14-7-3-2-4-8-14)18-11-15-9-5-6-10-16(15)19(21)22/h2-10,13,18H,11-12H2,1H3/t13-/m0/s1. The van der Waals surface area contributed by atoms with Crippen molar-refractivity contribution in [3.63, 3.8) is 0 Å². The van der Waals surface area contributed by atoms with Crippen molar-refractivity contribution in [1.29, 1.82) is 0 Å². The van der Waals surface area contributed by atoms with Crippen LogP contribution in [0.25, 0.3) is 0 Å². The number of para-hydroxylation sites is 1. The Hall–Kier alpha value is -2.73. The van der Waals surface area contributed by atoms with Gasteiger partial charge >= 0.3 is 5.97 Å². The lowest BCUT2D eigenvalue weighted by molar-refractivity contribution is -0.385. The minimum atomic E-state index is -0.557. The summed E-state index contributed by atoms with van der Waals surface area (Å²) in [7, 11) is 0. The molecule has 0 amide bonds. The van der Waals surface area contributed by atoms with Crippen molar-refractivity contribution in [3.05, 3.63) is 75.8 Å². The Balaban J connectivity index is 1.86. The normalized spacial score (nSPS) is 11.7. The summed E-state index contributed by atoms with van der Waals surface area (Å²) in [6, 6.07) is 15.3. The molecule has 6 nitrogen and oxygen atoms in total. The molecule has 2 aromatic rings. The van der Waals surface area contributed by atoms with Crippen molar-refractivity contribution in [1.82, 2.24) is 5.32 Å². The maximum atomic E-state index is 11.9. The quantitative estimate of drug-likeness (QED) is 0.483. The van der Waals surface area contributed by atoms with Crippen LogP contribution in [0, 0.1) is 10.1 Å². The number of ether oxygens (including phenoxy) is 1. The maximum Gasteiger partial charge on any atom is 0.323 e. The largest absolute Gasteiger partial charge is 0.460 e. The van der Waals surface area contributed by atoms with Gasteiger partial charge in [0.25, 0.3) is 5.69 Å². The van der Waals surface area contributed by atoms with Crippen LogP contribution in [0.3, 0.4) is 0 Å². The fourth-order valence-electron chi connectivity index (χ4n) is 2.04. The first-order valence-electron chi connectivity index (χ1n) is 7.24. The number of nitro benzene ring substituents is 1. The molecule has 0 aromatic heterocycles. The lowest BCUT2D eigenvalue weighted by atomic mass is 10.1. The summed E-state index contributed by atoms with van der Waals surface area (Å²) in [5.74, 6) is -0.396. The van der Waals surface area contributed by atoms with E-state index in [9.17, 15) is 14.9 Å². The van der Waals surface area contributed by atoms with Gasteiger partial charge in [0.05, 0.1) is 4.92 Å². The van der Waals surface area contributed by atoms with E-state index in [4.69, 9.17) is 4.74 Å². The first-order valence-corrected chi connectivity index (χ1v) is 7.24. The van der Waals surface area contributed by atoms with Gasteiger partial charge in [0, 0.05) is 18.2 Å². The van der Waals surface area contributed by atoms with E-state index in [1.165, 1.54) is 6.07 Å². The van der Waals surface area contributed by atoms with E-state index in [0.717, 1.165) is 5.56 Å². The lowest BCUT2D eigenvalue weighted by Gasteiger charge is -2.13. The first kappa shape index (κ1) is 16.6. The van der Waals surface area contributed by atoms with Crippen molar-refractivity contribution in [3.8, 4) is 0 Å². The number of benzene rings is 2. The molecular weight excluding hydrogens is 296 g/mol. The van der Waals surface area contributed by atoms with Crippen LogP contribution in [0.2, 0.25) is 0 Å². The zero-order valence-corrected chi connectivity index (χ0v) is 12.8. The Morgan fingerprint density at radius 3 is 2.52 bits per heavy atom. The summed E-state index contributed by atoms with van der Waals surface area (Å²) < 4.78 is 5.22. The van der Waals surface area contributed by atoms with Crippen LogP contribution in [0.5, 0.6) is 0 Å². The molecule has 1 atom stereocenters. The number of nitrogens with zero attached hydrogens (tertiary/aromatic N) is 1. The minimum Gasteiger partial charge on any atom is -0.460 e. The molecule has 0 radical (unpaired) electrons. The third kappa shape index (κ3) is 4.89. The fraction of sp³-hybridized carbons (Fsp3) is 0.235. The predicted octanol–water partition coefficient (Wildman–Crippen LogP) is 2.82. The number of hydrogen-bond acceptors (Lipinski definition) is 5. The molecule has 0 spiro atoms. The van der Waals surface area contributed by atoms with E-state index in [2.05, 4.69) is 5.32 Å². The summed E-state index contributed by atoms with van der Waals surface area (Å²) >= 11 is 0. The minimum absolute atomic E-state index is 0.0323. The average Bonchev–Trinajstić information content (AvgIpc) is 2.58. The van der Waals surface area contributed by atoms with Gasteiger partial charge in [-0.1, -0.05) is 48.5 Å². The molecule has 1 N–H and O–H groups in total. The second-order valence-corrected chi connectivity index (χ2v) is 5.08. The zero-order chi connectivity index (χ0) is 16.7. The number of carbonyl (C=O) groups excluding carboxylic acids is 1. The van der Waals surface area contributed by atoms with Gasteiger partial charge < -0.3 is 10.1 Å². The van der Waals surface area contributed by atoms with Crippen LogP contribution < -0.4 is 5.32 Å². The molecule has 0 unspecified atom stereocenters. The molecular formula is C17H18N2O4. The van der Waals surface area contributed by atoms with Gasteiger partial charge in [-0.05, 0) is 12.5 Å². The maximum absolute atomic E-state index is 11.9. The molecule has 0 heterocycles. The summed E-state index contributed by atoms with van der Waals surface area (Å²) in [4.78, 5) is 22.4. The molecule has 0 aliphatic rings. The molecule has 0 aliphatic heterocycles. The zero-order valence-electron chi connectivity index (χ0n) is 12.8. The molecule has 120 valence electrons. The highest BCUT2D eigenvalue weighted by atomic mass is 16.6. The SMILES string of the molecule is C[C@H](NCc1ccccc1[N+](=O)[O-])C(=O)OCc1ccccc1. The summed E-state index contributed by atoms with van der Waals surface area (Å²) in [6.45, 7) is 2.10. The molecule has 2 rings (SSSR count). The van der Waals surface area contributed by atoms with E-state index < -0.39 is 16.9 Å². The van der Waals surface area contributed by atoms with E-state index in [0.29, 0.717) is 5.56 Å². The smallest absolute Gasteiger partial charge is 0.323 e. The molecule has 23 heavy (non-hydrogen) atoms. The van der Waals surface area contributed by atoms with Crippen LogP contribution in [0.15, 0.2) is 54.6 Å². The number of rotatable bonds is 7. The van der Waals surface area contributed by atoms with E-state index in [1.54, 1.807) is 25.1 Å². The average molecular weight is 314 g/mol. The van der Waals surface area contributed by atoms with E-state index in [1.807, 2.05) is 30.3 Å². The van der Waals surface area contributed by atoms with Crippen molar-refractivity contribution < 1.29 is 14.5 Å². The molecule has 6 heteroatoms. The molecule has 0 fully saturated rings. The number of hydrogen-bond donors (Lipinski definition) is 1. The van der Waals surface area contributed by atoms with Gasteiger partial charge in [0.15, 0.2) is 0 Å². The van der Waals surface area contributed by atoms with E-state index >= 15 is 0 Å². The fourth-order valence-corrected chi connectivity index (χ4v) is 2.04. The highest BCUT2D eigenvalue weighted by molar-refractivity contribution is 5.75. The summed E-state index contributed by atoms with van der Waals surface area (Å²) in [5, 5.41) is 13.9. The van der Waals surface area contributed by atoms with Crippen molar-refractivity contribution >= 4 is 11.7 Å².